The van der Waals surface area contributed by atoms with Gasteiger partial charge in [0.2, 0.25) is 11.8 Å². The number of nitrogens with zero attached hydrogens (tertiary/aromatic N) is 5. The molecular weight excluding hydrogens is 306 g/mol. The summed E-state index contributed by atoms with van der Waals surface area (Å²) in [5.74, 6) is 2.45. The number of anilines is 1. The SMILES string of the molecule is COc1cc(N2CCC(COc3cc(C#N)ccn3)CC2)ncn1. The highest BCUT2D eigenvalue weighted by atomic mass is 16.5. The van der Waals surface area contributed by atoms with E-state index in [1.165, 1.54) is 6.33 Å². The molecule has 1 fully saturated rings. The number of hydrogen-bond acceptors (Lipinski definition) is 7. The number of methoxy groups -OCH3 is 1. The van der Waals surface area contributed by atoms with Crippen molar-refractivity contribution in [3.8, 4) is 17.8 Å². The van der Waals surface area contributed by atoms with Crippen LogP contribution in [0.4, 0.5) is 5.82 Å². The van der Waals surface area contributed by atoms with Crippen molar-refractivity contribution in [1.82, 2.24) is 15.0 Å². The first-order valence-electron chi connectivity index (χ1n) is 7.88. The summed E-state index contributed by atoms with van der Waals surface area (Å²) in [6.07, 6.45) is 5.16. The highest BCUT2D eigenvalue weighted by molar-refractivity contribution is 5.41. The molecular formula is C17H19N5O2. The molecule has 0 radical (unpaired) electrons. The van der Waals surface area contributed by atoms with E-state index in [9.17, 15) is 0 Å². The molecule has 1 aliphatic rings. The minimum atomic E-state index is 0.470. The summed E-state index contributed by atoms with van der Waals surface area (Å²) in [4.78, 5) is 14.7. The first-order chi connectivity index (χ1) is 11.8. The molecule has 24 heavy (non-hydrogen) atoms. The van der Waals surface area contributed by atoms with E-state index in [4.69, 9.17) is 14.7 Å². The van der Waals surface area contributed by atoms with E-state index < -0.39 is 0 Å². The summed E-state index contributed by atoms with van der Waals surface area (Å²) in [5, 5.41) is 8.90. The van der Waals surface area contributed by atoms with Crippen LogP contribution >= 0.6 is 0 Å². The molecule has 3 rings (SSSR count). The molecule has 0 aromatic carbocycles. The van der Waals surface area contributed by atoms with Crippen LogP contribution in [-0.4, -0.2) is 41.8 Å². The van der Waals surface area contributed by atoms with Gasteiger partial charge in [-0.3, -0.25) is 0 Å². The van der Waals surface area contributed by atoms with Crippen molar-refractivity contribution in [1.29, 1.82) is 5.26 Å². The molecule has 0 atom stereocenters. The number of ether oxygens (including phenoxy) is 2. The first kappa shape index (κ1) is 16.0. The average Bonchev–Trinajstić information content (AvgIpc) is 2.67. The second-order valence-corrected chi connectivity index (χ2v) is 5.65. The molecule has 2 aromatic heterocycles. The van der Waals surface area contributed by atoms with Gasteiger partial charge in [-0.15, -0.1) is 0 Å². The Bertz CT molecular complexity index is 723. The van der Waals surface area contributed by atoms with Gasteiger partial charge >= 0.3 is 0 Å². The maximum absolute atomic E-state index is 8.90. The van der Waals surface area contributed by atoms with Gasteiger partial charge in [0.1, 0.15) is 12.1 Å². The van der Waals surface area contributed by atoms with Gasteiger partial charge in [0.05, 0.1) is 25.3 Å². The van der Waals surface area contributed by atoms with Crippen LogP contribution < -0.4 is 14.4 Å². The van der Waals surface area contributed by atoms with Crippen molar-refractivity contribution in [3.63, 3.8) is 0 Å². The van der Waals surface area contributed by atoms with Gasteiger partial charge in [0.15, 0.2) is 0 Å². The van der Waals surface area contributed by atoms with Crippen molar-refractivity contribution >= 4 is 5.82 Å². The molecule has 124 valence electrons. The van der Waals surface area contributed by atoms with Crippen molar-refractivity contribution in [3.05, 3.63) is 36.3 Å². The number of nitriles is 1. The van der Waals surface area contributed by atoms with Crippen LogP contribution in [0.25, 0.3) is 0 Å². The fraction of sp³-hybridized carbons (Fsp3) is 0.412. The molecule has 2 aromatic rings. The van der Waals surface area contributed by atoms with Crippen LogP contribution in [0.3, 0.4) is 0 Å². The Balaban J connectivity index is 1.50. The zero-order valence-corrected chi connectivity index (χ0v) is 13.6. The average molecular weight is 325 g/mol. The molecule has 0 N–H and O–H groups in total. The second-order valence-electron chi connectivity index (χ2n) is 5.65. The summed E-state index contributed by atoms with van der Waals surface area (Å²) in [6, 6.07) is 7.28. The van der Waals surface area contributed by atoms with E-state index in [2.05, 4.69) is 25.9 Å². The van der Waals surface area contributed by atoms with E-state index in [0.717, 1.165) is 31.7 Å². The van der Waals surface area contributed by atoms with Crippen molar-refractivity contribution in [2.75, 3.05) is 31.7 Å². The number of aromatic nitrogens is 3. The van der Waals surface area contributed by atoms with E-state index in [-0.39, 0.29) is 0 Å². The van der Waals surface area contributed by atoms with Crippen LogP contribution in [0.1, 0.15) is 18.4 Å². The third-order valence-corrected chi connectivity index (χ3v) is 4.11. The van der Waals surface area contributed by atoms with Crippen LogP contribution in [-0.2, 0) is 0 Å². The smallest absolute Gasteiger partial charge is 0.218 e. The Morgan fingerprint density at radius 2 is 2.04 bits per heavy atom. The lowest BCUT2D eigenvalue weighted by Gasteiger charge is -2.32. The number of rotatable bonds is 5. The topological polar surface area (TPSA) is 84.2 Å². The highest BCUT2D eigenvalue weighted by Crippen LogP contribution is 2.24. The van der Waals surface area contributed by atoms with E-state index in [1.807, 2.05) is 6.07 Å². The van der Waals surface area contributed by atoms with Crippen LogP contribution in [0, 0.1) is 17.2 Å². The van der Waals surface area contributed by atoms with E-state index in [0.29, 0.717) is 29.8 Å². The zero-order valence-electron chi connectivity index (χ0n) is 13.6. The van der Waals surface area contributed by atoms with Crippen LogP contribution in [0.2, 0.25) is 0 Å². The summed E-state index contributed by atoms with van der Waals surface area (Å²) < 4.78 is 10.9. The van der Waals surface area contributed by atoms with Gasteiger partial charge in [-0.25, -0.2) is 15.0 Å². The Kier molecular flexibility index (Phi) is 5.06. The maximum atomic E-state index is 8.90. The lowest BCUT2D eigenvalue weighted by atomic mass is 9.98. The highest BCUT2D eigenvalue weighted by Gasteiger charge is 2.21. The molecule has 0 spiro atoms. The predicted molar refractivity (Wildman–Crippen MR) is 88.0 cm³/mol. The second kappa shape index (κ2) is 7.59. The molecule has 0 amide bonds. The molecule has 7 nitrogen and oxygen atoms in total. The van der Waals surface area contributed by atoms with Crippen molar-refractivity contribution in [2.24, 2.45) is 5.92 Å². The van der Waals surface area contributed by atoms with Gasteiger partial charge < -0.3 is 14.4 Å². The van der Waals surface area contributed by atoms with Gasteiger partial charge in [0, 0.05) is 31.4 Å². The summed E-state index contributed by atoms with van der Waals surface area (Å²) in [5.41, 5.74) is 0.563. The minimum Gasteiger partial charge on any atom is -0.481 e. The quantitative estimate of drug-likeness (QED) is 0.831. The summed E-state index contributed by atoms with van der Waals surface area (Å²) in [7, 11) is 1.60. The predicted octanol–water partition coefficient (Wildman–Crippen LogP) is 2.05. The van der Waals surface area contributed by atoms with Gasteiger partial charge in [-0.2, -0.15) is 5.26 Å². The third kappa shape index (κ3) is 3.90. The fourth-order valence-corrected chi connectivity index (χ4v) is 2.70. The van der Waals surface area contributed by atoms with Gasteiger partial charge in [-0.05, 0) is 24.8 Å². The normalized spacial score (nSPS) is 14.9. The van der Waals surface area contributed by atoms with E-state index >= 15 is 0 Å². The Morgan fingerprint density at radius 3 is 2.79 bits per heavy atom. The Morgan fingerprint density at radius 1 is 1.21 bits per heavy atom. The Labute approximate surface area is 140 Å². The summed E-state index contributed by atoms with van der Waals surface area (Å²) in [6.45, 7) is 2.45. The molecule has 0 unspecified atom stereocenters. The van der Waals surface area contributed by atoms with Crippen LogP contribution in [0.5, 0.6) is 11.8 Å². The molecule has 3 heterocycles. The molecule has 0 saturated carbocycles. The lowest BCUT2D eigenvalue weighted by molar-refractivity contribution is 0.216. The standard InChI is InChI=1S/C17H19N5O2/c1-23-16-9-15(20-12-21-16)22-6-3-13(4-7-22)11-24-17-8-14(10-18)2-5-19-17/h2,5,8-9,12-13H,3-4,6-7,11H2,1H3. The number of hydrogen-bond donors (Lipinski definition) is 0. The zero-order chi connectivity index (χ0) is 16.8. The third-order valence-electron chi connectivity index (χ3n) is 4.11. The van der Waals surface area contributed by atoms with Crippen molar-refractivity contribution < 1.29 is 9.47 Å². The molecule has 1 saturated heterocycles. The number of piperidine rings is 1. The molecule has 7 heteroatoms. The molecule has 1 aliphatic heterocycles. The summed E-state index contributed by atoms with van der Waals surface area (Å²) >= 11 is 0. The van der Waals surface area contributed by atoms with Crippen molar-refractivity contribution in [2.45, 2.75) is 12.8 Å². The largest absolute Gasteiger partial charge is 0.481 e. The van der Waals surface area contributed by atoms with Gasteiger partial charge in [0.25, 0.3) is 0 Å². The molecule has 0 bridgehead atoms. The maximum Gasteiger partial charge on any atom is 0.218 e. The first-order valence-corrected chi connectivity index (χ1v) is 7.88. The Hall–Kier alpha value is -2.88. The minimum absolute atomic E-state index is 0.470. The van der Waals surface area contributed by atoms with Crippen LogP contribution in [0.15, 0.2) is 30.7 Å². The van der Waals surface area contributed by atoms with Gasteiger partial charge in [-0.1, -0.05) is 0 Å². The fourth-order valence-electron chi connectivity index (χ4n) is 2.70. The monoisotopic (exact) mass is 325 g/mol. The molecule has 0 aliphatic carbocycles. The lowest BCUT2D eigenvalue weighted by Crippen LogP contribution is -2.36. The van der Waals surface area contributed by atoms with E-state index in [1.54, 1.807) is 25.4 Å². The number of pyridine rings is 1.